The van der Waals surface area contributed by atoms with Crippen LogP contribution in [0.4, 0.5) is 5.69 Å². The fraction of sp³-hybridized carbons (Fsp3) is 0.552. The van der Waals surface area contributed by atoms with E-state index in [1.807, 2.05) is 0 Å². The highest BCUT2D eigenvalue weighted by atomic mass is 16.5. The highest BCUT2D eigenvalue weighted by Crippen LogP contribution is 2.38. The van der Waals surface area contributed by atoms with Gasteiger partial charge in [0.25, 0.3) is 0 Å². The fourth-order valence-corrected chi connectivity index (χ4v) is 5.55. The molecule has 1 aliphatic carbocycles. The van der Waals surface area contributed by atoms with Gasteiger partial charge in [-0.1, -0.05) is 18.9 Å². The predicted molar refractivity (Wildman–Crippen MR) is 137 cm³/mol. The van der Waals surface area contributed by atoms with E-state index in [-0.39, 0.29) is 0 Å². The summed E-state index contributed by atoms with van der Waals surface area (Å²) in [5.74, 6) is -0.818. The molecule has 5 nitrogen and oxygen atoms in total. The zero-order valence-corrected chi connectivity index (χ0v) is 21.3. The minimum atomic E-state index is -0.997. The lowest BCUT2D eigenvalue weighted by atomic mass is 9.86. The Bertz CT molecular complexity index is 1060. The van der Waals surface area contributed by atoms with Crippen molar-refractivity contribution in [1.29, 1.82) is 0 Å². The molecule has 0 radical (unpaired) electrons. The van der Waals surface area contributed by atoms with Gasteiger partial charge < -0.3 is 19.9 Å². The highest BCUT2D eigenvalue weighted by Gasteiger charge is 2.40. The van der Waals surface area contributed by atoms with Crippen molar-refractivity contribution in [3.05, 3.63) is 51.6 Å². The number of carboxylic acid groups (broad SMARTS) is 1. The van der Waals surface area contributed by atoms with Crippen molar-refractivity contribution in [2.75, 3.05) is 18.5 Å². The summed E-state index contributed by atoms with van der Waals surface area (Å²) in [7, 11) is 0. The van der Waals surface area contributed by atoms with Crippen molar-refractivity contribution in [3.63, 3.8) is 0 Å². The van der Waals surface area contributed by atoms with Crippen LogP contribution in [0.1, 0.15) is 71.9 Å². The molecule has 184 valence electrons. The second kappa shape index (κ2) is 10.1. The van der Waals surface area contributed by atoms with Gasteiger partial charge in [-0.2, -0.15) is 0 Å². The number of carboxylic acids is 1. The molecule has 2 aromatic carbocycles. The molecular weight excluding hydrogens is 426 g/mol. The lowest BCUT2D eigenvalue weighted by Gasteiger charge is -2.35. The second-order valence-corrected chi connectivity index (χ2v) is 10.3. The van der Waals surface area contributed by atoms with Crippen LogP contribution in [-0.2, 0) is 20.9 Å². The maximum Gasteiger partial charge on any atom is 0.329 e. The number of carbonyl (C=O) groups is 1. The van der Waals surface area contributed by atoms with Crippen LogP contribution >= 0.6 is 0 Å². The molecule has 0 spiro atoms. The first-order valence-corrected chi connectivity index (χ1v) is 12.6. The van der Waals surface area contributed by atoms with Gasteiger partial charge in [-0.05, 0) is 104 Å². The summed E-state index contributed by atoms with van der Waals surface area (Å²) < 4.78 is 11.8. The van der Waals surface area contributed by atoms with E-state index in [9.17, 15) is 9.90 Å². The average molecular weight is 466 g/mol. The number of benzene rings is 2. The lowest BCUT2D eigenvalue weighted by molar-refractivity contribution is -0.145. The smallest absolute Gasteiger partial charge is 0.329 e. The molecule has 1 saturated heterocycles. The number of aliphatic carboxylic acids is 1. The largest absolute Gasteiger partial charge is 0.480 e. The molecule has 0 unspecified atom stereocenters. The molecule has 0 atom stereocenters. The van der Waals surface area contributed by atoms with Gasteiger partial charge in [0.05, 0.1) is 12.7 Å². The summed E-state index contributed by atoms with van der Waals surface area (Å²) in [5, 5.41) is 13.4. The van der Waals surface area contributed by atoms with Crippen molar-refractivity contribution in [3.8, 4) is 11.1 Å². The van der Waals surface area contributed by atoms with E-state index in [4.69, 9.17) is 9.47 Å². The molecule has 5 heteroatoms. The SMILES string of the molecule is Cc1cc(-c2c(C)cc(NC3(C(=O)O)CCOCC3)cc2COC2CCCC2)c(C)c(C)c1C. The van der Waals surface area contributed by atoms with Crippen molar-refractivity contribution < 1.29 is 19.4 Å². The number of ether oxygens (including phenoxy) is 2. The molecule has 1 heterocycles. The van der Waals surface area contributed by atoms with E-state index < -0.39 is 11.5 Å². The van der Waals surface area contributed by atoms with E-state index in [2.05, 4.69) is 58.1 Å². The van der Waals surface area contributed by atoms with Crippen molar-refractivity contribution in [2.45, 2.75) is 91.4 Å². The summed E-state index contributed by atoms with van der Waals surface area (Å²) in [5.41, 5.74) is 9.79. The van der Waals surface area contributed by atoms with Crippen LogP contribution in [0.3, 0.4) is 0 Å². The van der Waals surface area contributed by atoms with Crippen LogP contribution in [0.25, 0.3) is 11.1 Å². The van der Waals surface area contributed by atoms with Crippen LogP contribution in [0.15, 0.2) is 18.2 Å². The normalized spacial score (nSPS) is 18.3. The number of aryl methyl sites for hydroxylation is 2. The summed E-state index contributed by atoms with van der Waals surface area (Å²) in [4.78, 5) is 12.2. The Balaban J connectivity index is 1.77. The van der Waals surface area contributed by atoms with Crippen LogP contribution in [0.2, 0.25) is 0 Å². The van der Waals surface area contributed by atoms with Gasteiger partial charge in [0.1, 0.15) is 5.54 Å². The Morgan fingerprint density at radius 3 is 2.32 bits per heavy atom. The Morgan fingerprint density at radius 1 is 1.00 bits per heavy atom. The van der Waals surface area contributed by atoms with Crippen LogP contribution < -0.4 is 5.32 Å². The highest BCUT2D eigenvalue weighted by molar-refractivity contribution is 5.84. The monoisotopic (exact) mass is 465 g/mol. The quantitative estimate of drug-likeness (QED) is 0.495. The van der Waals surface area contributed by atoms with Crippen molar-refractivity contribution in [1.82, 2.24) is 0 Å². The van der Waals surface area contributed by atoms with Crippen LogP contribution in [-0.4, -0.2) is 35.9 Å². The molecule has 0 aromatic heterocycles. The minimum Gasteiger partial charge on any atom is -0.480 e. The Morgan fingerprint density at radius 2 is 1.68 bits per heavy atom. The number of anilines is 1. The van der Waals surface area contributed by atoms with Crippen molar-refractivity contribution in [2.24, 2.45) is 0 Å². The number of rotatable bonds is 7. The Hall–Kier alpha value is -2.37. The molecule has 2 aromatic rings. The topological polar surface area (TPSA) is 67.8 Å². The third-order valence-electron chi connectivity index (χ3n) is 8.08. The maximum absolute atomic E-state index is 12.2. The first kappa shape index (κ1) is 24.7. The third kappa shape index (κ3) is 4.87. The van der Waals surface area contributed by atoms with Gasteiger partial charge >= 0.3 is 5.97 Å². The van der Waals surface area contributed by atoms with E-state index >= 15 is 0 Å². The van der Waals surface area contributed by atoms with Gasteiger partial charge in [-0.25, -0.2) is 4.79 Å². The molecule has 1 saturated carbocycles. The molecule has 2 aliphatic rings. The summed E-state index contributed by atoms with van der Waals surface area (Å²) in [6.45, 7) is 12.3. The minimum absolute atomic E-state index is 0.313. The lowest BCUT2D eigenvalue weighted by Crippen LogP contribution is -2.50. The van der Waals surface area contributed by atoms with Crippen LogP contribution in [0.5, 0.6) is 0 Å². The molecule has 34 heavy (non-hydrogen) atoms. The molecular formula is C29H39NO4. The van der Waals surface area contributed by atoms with Gasteiger partial charge in [0.15, 0.2) is 0 Å². The van der Waals surface area contributed by atoms with Gasteiger partial charge in [0.2, 0.25) is 0 Å². The summed E-state index contributed by atoms with van der Waals surface area (Å²) in [6.07, 6.45) is 5.92. The molecule has 1 aliphatic heterocycles. The zero-order chi connectivity index (χ0) is 24.5. The molecule has 2 fully saturated rings. The average Bonchev–Trinajstić information content (AvgIpc) is 3.33. The van der Waals surface area contributed by atoms with Crippen molar-refractivity contribution >= 4 is 11.7 Å². The summed E-state index contributed by atoms with van der Waals surface area (Å²) in [6, 6.07) is 6.50. The fourth-order valence-electron chi connectivity index (χ4n) is 5.55. The summed E-state index contributed by atoms with van der Waals surface area (Å²) >= 11 is 0. The first-order chi connectivity index (χ1) is 16.2. The van der Waals surface area contributed by atoms with E-state index in [1.165, 1.54) is 46.2 Å². The van der Waals surface area contributed by atoms with Gasteiger partial charge in [-0.15, -0.1) is 0 Å². The third-order valence-corrected chi connectivity index (χ3v) is 8.08. The van der Waals surface area contributed by atoms with E-state index in [1.54, 1.807) is 0 Å². The molecule has 0 amide bonds. The molecule has 4 rings (SSSR count). The zero-order valence-electron chi connectivity index (χ0n) is 21.3. The number of nitrogens with one attached hydrogen (secondary N) is 1. The Kier molecular flexibility index (Phi) is 7.34. The first-order valence-electron chi connectivity index (χ1n) is 12.6. The van der Waals surface area contributed by atoms with Gasteiger partial charge in [-0.3, -0.25) is 0 Å². The van der Waals surface area contributed by atoms with E-state index in [0.717, 1.165) is 29.7 Å². The Labute approximate surface area is 203 Å². The molecule has 2 N–H and O–H groups in total. The van der Waals surface area contributed by atoms with Crippen LogP contribution in [0, 0.1) is 34.6 Å². The standard InChI is InChI=1S/C29H39NO4/c1-18-15-26(22(5)21(4)20(18)3)27-19(2)14-24(16-23(27)17-34-25-8-6-7-9-25)30-29(28(31)32)10-12-33-13-11-29/h14-16,25,30H,6-13,17H2,1-5H3,(H,31,32). The maximum atomic E-state index is 12.2. The number of hydrogen-bond donors (Lipinski definition) is 2. The number of hydrogen-bond acceptors (Lipinski definition) is 4. The molecule has 0 bridgehead atoms. The second-order valence-electron chi connectivity index (χ2n) is 10.3. The van der Waals surface area contributed by atoms with E-state index in [0.29, 0.717) is 38.8 Å². The predicted octanol–water partition coefficient (Wildman–Crippen LogP) is 6.40. The van der Waals surface area contributed by atoms with Gasteiger partial charge in [0, 0.05) is 31.7 Å².